The summed E-state index contributed by atoms with van der Waals surface area (Å²) in [6.07, 6.45) is 0. The molecule has 1 saturated heterocycles. The van der Waals surface area contributed by atoms with Gasteiger partial charge in [0.1, 0.15) is 11.5 Å². The Balaban J connectivity index is 1.60. The minimum Gasteiger partial charge on any atom is -0.378 e. The molecule has 1 aliphatic rings. The highest BCUT2D eigenvalue weighted by Gasteiger charge is 2.26. The van der Waals surface area contributed by atoms with Crippen molar-refractivity contribution in [3.63, 3.8) is 0 Å². The van der Waals surface area contributed by atoms with Crippen molar-refractivity contribution < 1.29 is 14.5 Å². The number of nitro benzene ring substituents is 1. The molecular formula is C22H25N5O4. The number of benzene rings is 2. The van der Waals surface area contributed by atoms with Gasteiger partial charge in [-0.05, 0) is 30.2 Å². The van der Waals surface area contributed by atoms with Crippen molar-refractivity contribution in [1.82, 2.24) is 15.3 Å². The Morgan fingerprint density at radius 1 is 1.23 bits per heavy atom. The standard InChI is InChI=1S/C22H25N5O4/c1-14(2)20(21-23-16-5-3-4-6-17(16)24-21)25-22(28)15-7-8-18(19(13-15)27(29)30)26-9-11-31-12-10-26/h3-8,13-14,20H,9-12H2,1-2H3,(H,23,24)(H,25,28). The van der Waals surface area contributed by atoms with E-state index in [-0.39, 0.29) is 29.1 Å². The van der Waals surface area contributed by atoms with Crippen LogP contribution in [0.5, 0.6) is 0 Å². The molecular weight excluding hydrogens is 398 g/mol. The van der Waals surface area contributed by atoms with E-state index in [0.29, 0.717) is 37.8 Å². The minimum absolute atomic E-state index is 0.0621. The van der Waals surface area contributed by atoms with Crippen LogP contribution >= 0.6 is 0 Å². The molecule has 9 nitrogen and oxygen atoms in total. The number of nitrogens with zero attached hydrogens (tertiary/aromatic N) is 3. The van der Waals surface area contributed by atoms with Crippen molar-refractivity contribution >= 4 is 28.3 Å². The number of nitro groups is 1. The maximum absolute atomic E-state index is 13.0. The minimum atomic E-state index is -0.444. The maximum Gasteiger partial charge on any atom is 0.293 e. The van der Waals surface area contributed by atoms with Crippen LogP contribution in [-0.2, 0) is 4.74 Å². The van der Waals surface area contributed by atoms with Gasteiger partial charge in [-0.1, -0.05) is 26.0 Å². The van der Waals surface area contributed by atoms with Gasteiger partial charge in [-0.2, -0.15) is 0 Å². The number of aromatic nitrogens is 2. The molecule has 0 radical (unpaired) electrons. The van der Waals surface area contributed by atoms with Crippen LogP contribution < -0.4 is 10.2 Å². The molecule has 1 atom stereocenters. The van der Waals surface area contributed by atoms with Crippen molar-refractivity contribution in [1.29, 1.82) is 0 Å². The molecule has 2 N–H and O–H groups in total. The lowest BCUT2D eigenvalue weighted by atomic mass is 10.0. The molecule has 2 heterocycles. The molecule has 3 aromatic rings. The van der Waals surface area contributed by atoms with Crippen LogP contribution in [-0.4, -0.2) is 47.1 Å². The zero-order chi connectivity index (χ0) is 22.0. The molecule has 1 aliphatic heterocycles. The first-order valence-electron chi connectivity index (χ1n) is 10.3. The molecule has 162 valence electrons. The fraction of sp³-hybridized carbons (Fsp3) is 0.364. The van der Waals surface area contributed by atoms with Crippen molar-refractivity contribution in [2.45, 2.75) is 19.9 Å². The van der Waals surface area contributed by atoms with Gasteiger partial charge in [-0.3, -0.25) is 14.9 Å². The van der Waals surface area contributed by atoms with Gasteiger partial charge in [-0.15, -0.1) is 0 Å². The summed E-state index contributed by atoms with van der Waals surface area (Å²) in [5.41, 5.74) is 2.37. The number of rotatable bonds is 6. The third-order valence-corrected chi connectivity index (χ3v) is 5.44. The summed E-state index contributed by atoms with van der Waals surface area (Å²) in [7, 11) is 0. The van der Waals surface area contributed by atoms with Gasteiger partial charge in [-0.25, -0.2) is 4.98 Å². The number of morpholine rings is 1. The smallest absolute Gasteiger partial charge is 0.293 e. The Morgan fingerprint density at radius 3 is 2.65 bits per heavy atom. The Labute approximate surface area is 179 Å². The molecule has 1 fully saturated rings. The van der Waals surface area contributed by atoms with E-state index in [2.05, 4.69) is 15.3 Å². The molecule has 0 aliphatic carbocycles. The first-order valence-corrected chi connectivity index (χ1v) is 10.3. The molecule has 0 bridgehead atoms. The number of hydrogen-bond donors (Lipinski definition) is 2. The number of imidazole rings is 1. The lowest BCUT2D eigenvalue weighted by Crippen LogP contribution is -2.36. The number of carbonyl (C=O) groups excluding carboxylic acids is 1. The number of amides is 1. The highest BCUT2D eigenvalue weighted by molar-refractivity contribution is 5.96. The molecule has 0 saturated carbocycles. The highest BCUT2D eigenvalue weighted by Crippen LogP contribution is 2.30. The number of H-pyrrole nitrogens is 1. The number of ether oxygens (including phenoxy) is 1. The quantitative estimate of drug-likeness (QED) is 0.464. The summed E-state index contributed by atoms with van der Waals surface area (Å²) in [6, 6.07) is 11.9. The van der Waals surface area contributed by atoms with E-state index in [1.165, 1.54) is 6.07 Å². The summed E-state index contributed by atoms with van der Waals surface area (Å²) in [5, 5.41) is 14.7. The molecule has 31 heavy (non-hydrogen) atoms. The number of hydrogen-bond acceptors (Lipinski definition) is 6. The zero-order valence-corrected chi connectivity index (χ0v) is 17.5. The van der Waals surface area contributed by atoms with Crippen LogP contribution in [0, 0.1) is 16.0 Å². The van der Waals surface area contributed by atoms with Crippen molar-refractivity contribution in [3.8, 4) is 0 Å². The van der Waals surface area contributed by atoms with Gasteiger partial charge in [0.15, 0.2) is 0 Å². The summed E-state index contributed by atoms with van der Waals surface area (Å²) < 4.78 is 5.33. The predicted molar refractivity (Wildman–Crippen MR) is 117 cm³/mol. The van der Waals surface area contributed by atoms with Crippen LogP contribution in [0.15, 0.2) is 42.5 Å². The van der Waals surface area contributed by atoms with E-state index in [4.69, 9.17) is 4.74 Å². The summed E-state index contributed by atoms with van der Waals surface area (Å²) in [4.78, 5) is 34.0. The number of carbonyl (C=O) groups is 1. The molecule has 1 aromatic heterocycles. The van der Waals surface area contributed by atoms with Crippen molar-refractivity contribution in [3.05, 3.63) is 64.0 Å². The Morgan fingerprint density at radius 2 is 1.97 bits per heavy atom. The first kappa shape index (κ1) is 20.8. The second kappa shape index (κ2) is 8.73. The Bertz CT molecular complexity index is 1070. The fourth-order valence-corrected chi connectivity index (χ4v) is 3.78. The van der Waals surface area contributed by atoms with E-state index in [0.717, 1.165) is 11.0 Å². The summed E-state index contributed by atoms with van der Waals surface area (Å²) >= 11 is 0. The number of fused-ring (bicyclic) bond motifs is 1. The Kier molecular flexibility index (Phi) is 5.85. The lowest BCUT2D eigenvalue weighted by Gasteiger charge is -2.28. The zero-order valence-electron chi connectivity index (χ0n) is 17.5. The highest BCUT2D eigenvalue weighted by atomic mass is 16.6. The van der Waals surface area contributed by atoms with Gasteiger partial charge < -0.3 is 19.9 Å². The largest absolute Gasteiger partial charge is 0.378 e. The average Bonchev–Trinajstić information content (AvgIpc) is 3.21. The molecule has 1 amide bonds. The molecule has 4 rings (SSSR count). The van der Waals surface area contributed by atoms with E-state index < -0.39 is 4.92 Å². The monoisotopic (exact) mass is 423 g/mol. The average molecular weight is 423 g/mol. The van der Waals surface area contributed by atoms with Crippen molar-refractivity contribution in [2.75, 3.05) is 31.2 Å². The lowest BCUT2D eigenvalue weighted by molar-refractivity contribution is -0.384. The predicted octanol–water partition coefficient (Wildman–Crippen LogP) is 3.43. The van der Waals surface area contributed by atoms with Crippen molar-refractivity contribution in [2.24, 2.45) is 5.92 Å². The first-order chi connectivity index (χ1) is 14.9. The SMILES string of the molecule is CC(C)C(NC(=O)c1ccc(N2CCOCC2)c([N+](=O)[O-])c1)c1nc2ccccc2[nH]1. The van der Waals surface area contributed by atoms with Gasteiger partial charge >= 0.3 is 0 Å². The number of para-hydroxylation sites is 2. The normalized spacial score (nSPS) is 15.3. The van der Waals surface area contributed by atoms with Gasteiger partial charge in [0.05, 0.1) is 35.2 Å². The molecule has 0 spiro atoms. The van der Waals surface area contributed by atoms with E-state index >= 15 is 0 Å². The summed E-state index contributed by atoms with van der Waals surface area (Å²) in [6.45, 7) is 6.17. The molecule has 9 heteroatoms. The number of aromatic amines is 1. The van der Waals surface area contributed by atoms with Gasteiger partial charge in [0.25, 0.3) is 11.6 Å². The number of anilines is 1. The van der Waals surface area contributed by atoms with Gasteiger partial charge in [0, 0.05) is 24.7 Å². The van der Waals surface area contributed by atoms with Crippen LogP contribution in [0.25, 0.3) is 11.0 Å². The van der Waals surface area contributed by atoms with Crippen LogP contribution in [0.3, 0.4) is 0 Å². The molecule has 2 aromatic carbocycles. The second-order valence-corrected chi connectivity index (χ2v) is 7.89. The van der Waals surface area contributed by atoms with E-state index in [9.17, 15) is 14.9 Å². The fourth-order valence-electron chi connectivity index (χ4n) is 3.78. The molecule has 1 unspecified atom stereocenters. The van der Waals surface area contributed by atoms with E-state index in [1.807, 2.05) is 43.0 Å². The Hall–Kier alpha value is -3.46. The topological polar surface area (TPSA) is 113 Å². The summed E-state index contributed by atoms with van der Waals surface area (Å²) in [5.74, 6) is 0.340. The van der Waals surface area contributed by atoms with Crippen LogP contribution in [0.2, 0.25) is 0 Å². The maximum atomic E-state index is 13.0. The van der Waals surface area contributed by atoms with E-state index in [1.54, 1.807) is 12.1 Å². The van der Waals surface area contributed by atoms with Crippen LogP contribution in [0.1, 0.15) is 36.1 Å². The third-order valence-electron chi connectivity index (χ3n) is 5.44. The second-order valence-electron chi connectivity index (χ2n) is 7.89. The van der Waals surface area contributed by atoms with Crippen LogP contribution in [0.4, 0.5) is 11.4 Å². The van der Waals surface area contributed by atoms with Gasteiger partial charge in [0.2, 0.25) is 0 Å². The third kappa shape index (κ3) is 4.36. The number of nitrogens with one attached hydrogen (secondary N) is 2.